The molecule has 0 unspecified atom stereocenters. The number of nitrogen functional groups attached to an aromatic ring is 1. The van der Waals surface area contributed by atoms with Gasteiger partial charge in [0.05, 0.1) is 11.8 Å². The smallest absolute Gasteiger partial charge is 0.195 e. The fourth-order valence-electron chi connectivity index (χ4n) is 1.21. The van der Waals surface area contributed by atoms with Crippen molar-refractivity contribution in [3.8, 4) is 11.3 Å². The number of anilines is 1. The molecule has 0 fully saturated rings. The van der Waals surface area contributed by atoms with Crippen molar-refractivity contribution in [3.05, 3.63) is 35.5 Å². The van der Waals surface area contributed by atoms with Gasteiger partial charge in [0, 0.05) is 6.07 Å². The predicted molar refractivity (Wildman–Crippen MR) is 46.2 cm³/mol. The lowest BCUT2D eigenvalue weighted by Gasteiger charge is -2.03. The van der Waals surface area contributed by atoms with Crippen LogP contribution in [0.2, 0.25) is 0 Å². The summed E-state index contributed by atoms with van der Waals surface area (Å²) in [6.45, 7) is 0. The van der Waals surface area contributed by atoms with Gasteiger partial charge in [-0.3, -0.25) is 0 Å². The van der Waals surface area contributed by atoms with Crippen LogP contribution in [0.25, 0.3) is 11.3 Å². The van der Waals surface area contributed by atoms with Gasteiger partial charge in [-0.2, -0.15) is 0 Å². The zero-order valence-electron chi connectivity index (χ0n) is 7.60. The van der Waals surface area contributed by atoms with E-state index in [0.717, 1.165) is 6.20 Å². The Kier molecular flexibility index (Phi) is 2.30. The van der Waals surface area contributed by atoms with Crippen LogP contribution < -0.4 is 5.73 Å². The summed E-state index contributed by atoms with van der Waals surface area (Å²) in [7, 11) is 0. The Balaban J connectivity index is 2.79. The summed E-state index contributed by atoms with van der Waals surface area (Å²) in [5, 5.41) is 3.16. The lowest BCUT2D eigenvalue weighted by atomic mass is 10.1. The summed E-state index contributed by atoms with van der Waals surface area (Å²) in [6.07, 6.45) is 0.969. The first-order chi connectivity index (χ1) is 7.52. The van der Waals surface area contributed by atoms with Crippen LogP contribution in [0.1, 0.15) is 0 Å². The van der Waals surface area contributed by atoms with Gasteiger partial charge in [0.2, 0.25) is 0 Å². The van der Waals surface area contributed by atoms with E-state index in [0.29, 0.717) is 0 Å². The van der Waals surface area contributed by atoms with Gasteiger partial charge in [-0.1, -0.05) is 5.16 Å². The highest BCUT2D eigenvalue weighted by Crippen LogP contribution is 2.32. The molecule has 1 aromatic carbocycles. The van der Waals surface area contributed by atoms with Gasteiger partial charge >= 0.3 is 0 Å². The zero-order valence-corrected chi connectivity index (χ0v) is 7.60. The first kappa shape index (κ1) is 10.5. The molecule has 84 valence electrons. The number of hydrogen-bond acceptors (Lipinski definition) is 3. The predicted octanol–water partition coefficient (Wildman–Crippen LogP) is 2.48. The third kappa shape index (κ3) is 1.40. The van der Waals surface area contributed by atoms with Crippen LogP contribution in [-0.4, -0.2) is 5.16 Å². The van der Waals surface area contributed by atoms with E-state index in [9.17, 15) is 17.6 Å². The van der Waals surface area contributed by atoms with Gasteiger partial charge in [-0.15, -0.1) is 0 Å². The average molecular weight is 232 g/mol. The first-order valence-electron chi connectivity index (χ1n) is 4.06. The minimum atomic E-state index is -1.58. The van der Waals surface area contributed by atoms with E-state index in [-0.39, 0.29) is 11.8 Å². The van der Waals surface area contributed by atoms with Gasteiger partial charge in [0.1, 0.15) is 5.69 Å². The molecule has 2 rings (SSSR count). The molecule has 0 amide bonds. The SMILES string of the molecule is Nc1cnoc1-c1c(F)c(F)cc(F)c1F. The summed E-state index contributed by atoms with van der Waals surface area (Å²) in [4.78, 5) is 0. The number of aromatic nitrogens is 1. The lowest BCUT2D eigenvalue weighted by Crippen LogP contribution is -1.99. The second-order valence-corrected chi connectivity index (χ2v) is 2.95. The summed E-state index contributed by atoms with van der Waals surface area (Å²) in [5.74, 6) is -6.78. The van der Waals surface area contributed by atoms with Crippen LogP contribution in [0, 0.1) is 23.3 Å². The molecule has 7 heteroatoms. The maximum atomic E-state index is 13.3. The van der Waals surface area contributed by atoms with E-state index in [1.54, 1.807) is 0 Å². The number of nitrogens with two attached hydrogens (primary N) is 1. The molecule has 2 aromatic rings. The summed E-state index contributed by atoms with van der Waals surface area (Å²) >= 11 is 0. The molecule has 0 saturated heterocycles. The van der Waals surface area contributed by atoms with E-state index >= 15 is 0 Å². The minimum absolute atomic E-state index is 0.0979. The van der Waals surface area contributed by atoms with Gasteiger partial charge in [-0.25, -0.2) is 17.6 Å². The highest BCUT2D eigenvalue weighted by molar-refractivity contribution is 5.71. The Bertz CT molecular complexity index is 526. The monoisotopic (exact) mass is 232 g/mol. The Morgan fingerprint density at radius 3 is 2.06 bits per heavy atom. The second-order valence-electron chi connectivity index (χ2n) is 2.95. The third-order valence-electron chi connectivity index (χ3n) is 1.94. The van der Waals surface area contributed by atoms with Crippen molar-refractivity contribution < 1.29 is 22.1 Å². The van der Waals surface area contributed by atoms with E-state index < -0.39 is 34.6 Å². The van der Waals surface area contributed by atoms with Crippen molar-refractivity contribution in [1.29, 1.82) is 0 Å². The topological polar surface area (TPSA) is 52.0 Å². The number of rotatable bonds is 1. The molecule has 16 heavy (non-hydrogen) atoms. The Morgan fingerprint density at radius 2 is 1.62 bits per heavy atom. The molecule has 0 saturated carbocycles. The highest BCUT2D eigenvalue weighted by Gasteiger charge is 2.24. The first-order valence-corrected chi connectivity index (χ1v) is 4.06. The lowest BCUT2D eigenvalue weighted by molar-refractivity contribution is 0.415. The molecule has 3 nitrogen and oxygen atoms in total. The standard InChI is InChI=1S/C9H4F4N2O/c10-3-1-4(11)8(13)6(7(3)12)9-5(14)2-15-16-9/h1-2H,14H2. The van der Waals surface area contributed by atoms with Crippen LogP contribution in [0.15, 0.2) is 16.8 Å². The van der Waals surface area contributed by atoms with Gasteiger partial charge < -0.3 is 10.3 Å². The van der Waals surface area contributed by atoms with E-state index in [1.165, 1.54) is 0 Å². The Hall–Kier alpha value is -2.05. The van der Waals surface area contributed by atoms with Gasteiger partial charge in [0.25, 0.3) is 0 Å². The summed E-state index contributed by atoms with van der Waals surface area (Å²) < 4.78 is 56.7. The maximum Gasteiger partial charge on any atom is 0.195 e. The molecular formula is C9H4F4N2O. The van der Waals surface area contributed by atoms with E-state index in [1.807, 2.05) is 0 Å². The molecule has 0 aliphatic rings. The van der Waals surface area contributed by atoms with Crippen LogP contribution in [-0.2, 0) is 0 Å². The second kappa shape index (κ2) is 3.51. The molecule has 0 bridgehead atoms. The van der Waals surface area contributed by atoms with Crippen LogP contribution >= 0.6 is 0 Å². The largest absolute Gasteiger partial charge is 0.394 e. The van der Waals surface area contributed by atoms with Crippen molar-refractivity contribution in [2.45, 2.75) is 0 Å². The third-order valence-corrected chi connectivity index (χ3v) is 1.94. The quantitative estimate of drug-likeness (QED) is 0.607. The van der Waals surface area contributed by atoms with Crippen molar-refractivity contribution in [1.82, 2.24) is 5.16 Å². The van der Waals surface area contributed by atoms with Gasteiger partial charge in [-0.05, 0) is 0 Å². The zero-order chi connectivity index (χ0) is 11.9. The molecule has 0 spiro atoms. The Labute approximate surface area is 86.5 Å². The molecule has 0 atom stereocenters. The summed E-state index contributed by atoms with van der Waals surface area (Å²) in [6, 6.07) is 0.0979. The Morgan fingerprint density at radius 1 is 1.06 bits per heavy atom. The number of hydrogen-bond donors (Lipinski definition) is 1. The molecule has 2 N–H and O–H groups in total. The summed E-state index contributed by atoms with van der Waals surface area (Å²) in [5.41, 5.74) is 4.05. The van der Waals surface area contributed by atoms with Crippen LogP contribution in [0.4, 0.5) is 23.2 Å². The van der Waals surface area contributed by atoms with Crippen molar-refractivity contribution in [3.63, 3.8) is 0 Å². The molecule has 1 aromatic heterocycles. The molecule has 0 radical (unpaired) electrons. The molecular weight excluding hydrogens is 228 g/mol. The highest BCUT2D eigenvalue weighted by atomic mass is 19.2. The number of nitrogens with zero attached hydrogens (tertiary/aromatic N) is 1. The fourth-order valence-corrected chi connectivity index (χ4v) is 1.21. The average Bonchev–Trinajstić information content (AvgIpc) is 2.63. The molecule has 1 heterocycles. The minimum Gasteiger partial charge on any atom is -0.394 e. The van der Waals surface area contributed by atoms with Crippen LogP contribution in [0.5, 0.6) is 0 Å². The van der Waals surface area contributed by atoms with E-state index in [4.69, 9.17) is 5.73 Å². The number of halogens is 4. The van der Waals surface area contributed by atoms with Crippen LogP contribution in [0.3, 0.4) is 0 Å². The number of benzene rings is 1. The van der Waals surface area contributed by atoms with Crippen molar-refractivity contribution in [2.24, 2.45) is 0 Å². The molecule has 0 aliphatic carbocycles. The van der Waals surface area contributed by atoms with Gasteiger partial charge in [0.15, 0.2) is 29.0 Å². The fraction of sp³-hybridized carbons (Fsp3) is 0. The van der Waals surface area contributed by atoms with Crippen molar-refractivity contribution >= 4 is 5.69 Å². The maximum absolute atomic E-state index is 13.3. The normalized spacial score (nSPS) is 10.8. The molecule has 0 aliphatic heterocycles. The van der Waals surface area contributed by atoms with E-state index in [2.05, 4.69) is 9.68 Å². The van der Waals surface area contributed by atoms with Crippen molar-refractivity contribution in [2.75, 3.05) is 5.73 Å².